The molecule has 0 N–H and O–H groups in total. The molecule has 0 unspecified atom stereocenters. The predicted molar refractivity (Wildman–Crippen MR) is 75.0 cm³/mol. The van der Waals surface area contributed by atoms with Gasteiger partial charge in [0.2, 0.25) is 0 Å². The van der Waals surface area contributed by atoms with E-state index in [1.165, 1.54) is 12.8 Å². The third-order valence-electron chi connectivity index (χ3n) is 3.38. The van der Waals surface area contributed by atoms with E-state index in [0.29, 0.717) is 10.8 Å². The second kappa shape index (κ2) is 5.19. The van der Waals surface area contributed by atoms with Gasteiger partial charge in [0.05, 0.1) is 0 Å². The Morgan fingerprint density at radius 2 is 1.53 bits per heavy atom. The quantitative estimate of drug-likeness (QED) is 0.645. The fraction of sp³-hybridized carbons (Fsp3) is 0.833. The first-order valence-electron chi connectivity index (χ1n) is 5.68. The van der Waals surface area contributed by atoms with E-state index in [1.54, 1.807) is 19.1 Å². The van der Waals surface area contributed by atoms with Gasteiger partial charge in [0.1, 0.15) is 0 Å². The summed E-state index contributed by atoms with van der Waals surface area (Å²) in [4.78, 5) is 0. The van der Waals surface area contributed by atoms with Crippen molar-refractivity contribution < 1.29 is 0 Å². The summed E-state index contributed by atoms with van der Waals surface area (Å²) in [6.45, 7) is 14.3. The Hall–Kier alpha value is 1.13. The van der Waals surface area contributed by atoms with Crippen molar-refractivity contribution in [1.82, 2.24) is 0 Å². The Labute approximate surface area is 107 Å². The molecule has 3 heteroatoms. The van der Waals surface area contributed by atoms with Crippen LogP contribution < -0.4 is 0 Å². The molecule has 1 heterocycles. The minimum absolute atomic E-state index is 0.126. The third-order valence-corrected chi connectivity index (χ3v) is 15.7. The molecule has 0 aliphatic carbocycles. The van der Waals surface area contributed by atoms with Crippen LogP contribution in [0.4, 0.5) is 0 Å². The zero-order valence-corrected chi connectivity index (χ0v) is 14.8. The first kappa shape index (κ1) is 14.2. The van der Waals surface area contributed by atoms with Crippen LogP contribution in [0, 0.1) is 0 Å². The van der Waals surface area contributed by atoms with Crippen LogP contribution in [0.3, 0.4) is 0 Å². The van der Waals surface area contributed by atoms with Gasteiger partial charge < -0.3 is 0 Å². The molecular formula is C12H22P2Te. The first-order valence-corrected chi connectivity index (χ1v) is 11.7. The minimum atomic E-state index is 0.126. The van der Waals surface area contributed by atoms with Crippen LogP contribution in [0.15, 0.2) is 0 Å². The Bertz CT molecular complexity index is 296. The zero-order chi connectivity index (χ0) is 11.7. The standard InChI is InChI=1S/C12H22P2Te/c1-7-11(3,4)9-13-10(15-14-9)12(5,6)8-2/h7-8H2,1-6H3. The molecule has 0 nitrogen and oxygen atoms in total. The molecule has 0 amide bonds. The summed E-state index contributed by atoms with van der Waals surface area (Å²) < 4.78 is 1.88. The van der Waals surface area contributed by atoms with Crippen molar-refractivity contribution in [3.05, 3.63) is 8.34 Å². The van der Waals surface area contributed by atoms with Crippen molar-refractivity contribution in [2.24, 2.45) is 0 Å². The van der Waals surface area contributed by atoms with Crippen molar-refractivity contribution >= 4 is 33.9 Å². The van der Waals surface area contributed by atoms with E-state index < -0.39 is 0 Å². The van der Waals surface area contributed by atoms with E-state index in [9.17, 15) is 0 Å². The maximum absolute atomic E-state index is 2.43. The number of rotatable bonds is 4. The molecule has 86 valence electrons. The third kappa shape index (κ3) is 3.30. The molecular weight excluding hydrogens is 334 g/mol. The summed E-state index contributed by atoms with van der Waals surface area (Å²) >= 11 is 0.126. The second-order valence-corrected chi connectivity index (χ2v) is 12.9. The molecule has 0 saturated heterocycles. The Morgan fingerprint density at radius 3 is 2.00 bits per heavy atom. The normalized spacial score (nSPS) is 14.3. The Balaban J connectivity index is 3.00. The van der Waals surface area contributed by atoms with E-state index in [2.05, 4.69) is 41.5 Å². The molecule has 1 rings (SSSR count). The summed E-state index contributed by atoms with van der Waals surface area (Å²) in [5, 5.41) is 1.80. The average Bonchev–Trinajstić information content (AvgIpc) is 2.67. The molecule has 0 aliphatic rings. The summed E-state index contributed by atoms with van der Waals surface area (Å²) in [6.07, 6.45) is 2.59. The van der Waals surface area contributed by atoms with Crippen LogP contribution in [-0.4, -0.2) is 19.9 Å². The summed E-state index contributed by atoms with van der Waals surface area (Å²) in [6, 6.07) is 0. The number of hydrogen-bond acceptors (Lipinski definition) is 0. The van der Waals surface area contributed by atoms with Gasteiger partial charge in [-0.3, -0.25) is 0 Å². The summed E-state index contributed by atoms with van der Waals surface area (Å²) in [5.74, 6) is 1.72. The first-order chi connectivity index (χ1) is 6.83. The van der Waals surface area contributed by atoms with Crippen molar-refractivity contribution in [3.8, 4) is 0 Å². The van der Waals surface area contributed by atoms with Crippen molar-refractivity contribution in [3.63, 3.8) is 0 Å². The van der Waals surface area contributed by atoms with Crippen molar-refractivity contribution in [1.29, 1.82) is 0 Å². The van der Waals surface area contributed by atoms with Gasteiger partial charge in [-0.05, 0) is 0 Å². The van der Waals surface area contributed by atoms with Gasteiger partial charge in [0.25, 0.3) is 0 Å². The van der Waals surface area contributed by atoms with Crippen LogP contribution in [0.5, 0.6) is 0 Å². The number of hydrogen-bond donors (Lipinski definition) is 0. The Morgan fingerprint density at radius 1 is 1.00 bits per heavy atom. The molecule has 0 bridgehead atoms. The van der Waals surface area contributed by atoms with Crippen LogP contribution >= 0.6 is 14.0 Å². The topological polar surface area (TPSA) is 0 Å². The maximum atomic E-state index is 2.43. The molecule has 1 aromatic heterocycles. The summed E-state index contributed by atoms with van der Waals surface area (Å²) in [7, 11) is 1.62. The fourth-order valence-electron chi connectivity index (χ4n) is 1.08. The molecule has 0 atom stereocenters. The van der Waals surface area contributed by atoms with E-state index in [4.69, 9.17) is 0 Å². The van der Waals surface area contributed by atoms with E-state index in [-0.39, 0.29) is 19.9 Å². The van der Waals surface area contributed by atoms with Gasteiger partial charge in [0.15, 0.2) is 0 Å². The zero-order valence-electron chi connectivity index (χ0n) is 10.7. The molecule has 0 spiro atoms. The van der Waals surface area contributed by atoms with E-state index in [0.717, 1.165) is 0 Å². The second-order valence-electron chi connectivity index (χ2n) is 5.40. The van der Waals surface area contributed by atoms with Crippen LogP contribution in [0.25, 0.3) is 0 Å². The SMILES string of the molecule is CCC(C)(C)c1p[te]c(C(C)(C)CC)p1. The van der Waals surface area contributed by atoms with Crippen molar-refractivity contribution in [2.45, 2.75) is 65.2 Å². The van der Waals surface area contributed by atoms with Gasteiger partial charge >= 0.3 is 107 Å². The van der Waals surface area contributed by atoms with Gasteiger partial charge in [-0.2, -0.15) is 0 Å². The van der Waals surface area contributed by atoms with Gasteiger partial charge in [-0.1, -0.05) is 0 Å². The van der Waals surface area contributed by atoms with Crippen molar-refractivity contribution in [2.75, 3.05) is 0 Å². The molecule has 1 aromatic rings. The van der Waals surface area contributed by atoms with E-state index >= 15 is 0 Å². The molecule has 0 fully saturated rings. The molecule has 0 saturated carbocycles. The summed E-state index contributed by atoms with van der Waals surface area (Å²) in [5.41, 5.74) is 0.974. The monoisotopic (exact) mass is 358 g/mol. The fourth-order valence-corrected chi connectivity index (χ4v) is 14.9. The van der Waals surface area contributed by atoms with E-state index in [1.807, 2.05) is 3.31 Å². The van der Waals surface area contributed by atoms with Crippen LogP contribution in [-0.2, 0) is 10.8 Å². The molecule has 15 heavy (non-hydrogen) atoms. The molecule has 0 aromatic carbocycles. The predicted octanol–water partition coefficient (Wildman–Crippen LogP) is 5.28. The van der Waals surface area contributed by atoms with Crippen LogP contribution in [0.1, 0.15) is 62.7 Å². The van der Waals surface area contributed by atoms with Crippen LogP contribution in [0.2, 0.25) is 0 Å². The Kier molecular flexibility index (Phi) is 4.91. The van der Waals surface area contributed by atoms with Gasteiger partial charge in [-0.25, -0.2) is 0 Å². The molecule has 0 radical (unpaired) electrons. The van der Waals surface area contributed by atoms with Gasteiger partial charge in [0, 0.05) is 0 Å². The van der Waals surface area contributed by atoms with Gasteiger partial charge in [-0.15, -0.1) is 0 Å². The molecule has 0 aliphatic heterocycles. The average molecular weight is 356 g/mol.